The summed E-state index contributed by atoms with van der Waals surface area (Å²) in [5.41, 5.74) is 1.20. The van der Waals surface area contributed by atoms with Crippen LogP contribution >= 0.6 is 0 Å². The van der Waals surface area contributed by atoms with Gasteiger partial charge in [0.25, 0.3) is 0 Å². The van der Waals surface area contributed by atoms with Crippen molar-refractivity contribution in [2.75, 3.05) is 14.2 Å². The Bertz CT molecular complexity index is 589. The second-order valence-electron chi connectivity index (χ2n) is 4.02. The number of aromatic carboxylic acids is 1. The Labute approximate surface area is 111 Å². The van der Waals surface area contributed by atoms with E-state index in [1.54, 1.807) is 43.2 Å². The van der Waals surface area contributed by atoms with Gasteiger partial charge in [0.2, 0.25) is 0 Å². The minimum absolute atomic E-state index is 0.259. The largest absolute Gasteiger partial charge is 0.493 e. The summed E-state index contributed by atoms with van der Waals surface area (Å²) in [4.78, 5) is 11.0. The zero-order chi connectivity index (χ0) is 13.8. The number of nitrogens with zero attached hydrogens (tertiary/aromatic N) is 1. The lowest BCUT2D eigenvalue weighted by Crippen LogP contribution is -2.08. The molecule has 0 amide bonds. The van der Waals surface area contributed by atoms with Gasteiger partial charge in [-0.15, -0.1) is 0 Å². The molecule has 19 heavy (non-hydrogen) atoms. The van der Waals surface area contributed by atoms with Crippen molar-refractivity contribution in [1.82, 2.24) is 4.57 Å². The van der Waals surface area contributed by atoms with E-state index in [0.717, 1.165) is 5.56 Å². The number of ether oxygens (including phenoxy) is 2. The number of hydrogen-bond acceptors (Lipinski definition) is 3. The highest BCUT2D eigenvalue weighted by Crippen LogP contribution is 2.28. The fourth-order valence-corrected chi connectivity index (χ4v) is 1.92. The molecule has 2 rings (SSSR count). The van der Waals surface area contributed by atoms with Crippen LogP contribution in [0.4, 0.5) is 0 Å². The Morgan fingerprint density at radius 3 is 2.58 bits per heavy atom. The van der Waals surface area contributed by atoms with Gasteiger partial charge in [-0.2, -0.15) is 0 Å². The van der Waals surface area contributed by atoms with E-state index in [9.17, 15) is 4.79 Å². The van der Waals surface area contributed by atoms with E-state index >= 15 is 0 Å². The monoisotopic (exact) mass is 261 g/mol. The Hall–Kier alpha value is -2.43. The molecule has 0 spiro atoms. The second-order valence-corrected chi connectivity index (χ2v) is 4.02. The van der Waals surface area contributed by atoms with Crippen molar-refractivity contribution in [3.63, 3.8) is 0 Å². The summed E-state index contributed by atoms with van der Waals surface area (Å²) in [6, 6.07) is 8.81. The lowest BCUT2D eigenvalue weighted by Gasteiger charge is -2.11. The SMILES string of the molecule is COc1ccc(Cn2cccc2C(=O)O)cc1OC. The van der Waals surface area contributed by atoms with Gasteiger partial charge in [0.15, 0.2) is 11.5 Å². The molecule has 0 saturated carbocycles. The first kappa shape index (κ1) is 13.0. The number of rotatable bonds is 5. The highest BCUT2D eigenvalue weighted by Gasteiger charge is 2.10. The zero-order valence-corrected chi connectivity index (χ0v) is 10.8. The summed E-state index contributed by atoms with van der Waals surface area (Å²) < 4.78 is 12.1. The lowest BCUT2D eigenvalue weighted by atomic mass is 10.2. The molecule has 0 fully saturated rings. The van der Waals surface area contributed by atoms with Gasteiger partial charge in [0, 0.05) is 12.7 Å². The molecule has 1 N–H and O–H groups in total. The van der Waals surface area contributed by atoms with Gasteiger partial charge in [-0.1, -0.05) is 6.07 Å². The summed E-state index contributed by atoms with van der Waals surface area (Å²) in [5.74, 6) is 0.340. The van der Waals surface area contributed by atoms with Gasteiger partial charge < -0.3 is 19.1 Å². The molecule has 100 valence electrons. The Balaban J connectivity index is 2.28. The zero-order valence-electron chi connectivity index (χ0n) is 10.8. The van der Waals surface area contributed by atoms with Gasteiger partial charge in [0.05, 0.1) is 14.2 Å². The van der Waals surface area contributed by atoms with Crippen molar-refractivity contribution in [2.24, 2.45) is 0 Å². The van der Waals surface area contributed by atoms with E-state index in [0.29, 0.717) is 18.0 Å². The van der Waals surface area contributed by atoms with E-state index in [-0.39, 0.29) is 5.69 Å². The van der Waals surface area contributed by atoms with Crippen molar-refractivity contribution in [2.45, 2.75) is 6.54 Å². The maximum absolute atomic E-state index is 11.0. The van der Waals surface area contributed by atoms with Crippen LogP contribution in [0.15, 0.2) is 36.5 Å². The number of carboxylic acid groups (broad SMARTS) is 1. The molecule has 1 heterocycles. The van der Waals surface area contributed by atoms with Crippen LogP contribution in [0.25, 0.3) is 0 Å². The van der Waals surface area contributed by atoms with Gasteiger partial charge in [0.1, 0.15) is 5.69 Å². The average Bonchev–Trinajstić information content (AvgIpc) is 2.87. The maximum atomic E-state index is 11.0. The molecule has 0 radical (unpaired) electrons. The summed E-state index contributed by atoms with van der Waals surface area (Å²) >= 11 is 0. The van der Waals surface area contributed by atoms with Crippen molar-refractivity contribution in [1.29, 1.82) is 0 Å². The molecular formula is C14H15NO4. The minimum Gasteiger partial charge on any atom is -0.493 e. The fraction of sp³-hybridized carbons (Fsp3) is 0.214. The Kier molecular flexibility index (Phi) is 3.75. The summed E-state index contributed by atoms with van der Waals surface area (Å²) in [5, 5.41) is 9.05. The molecule has 5 heteroatoms. The quantitative estimate of drug-likeness (QED) is 0.896. The number of aromatic nitrogens is 1. The third-order valence-electron chi connectivity index (χ3n) is 2.85. The number of carbonyl (C=O) groups is 1. The first-order valence-corrected chi connectivity index (χ1v) is 5.75. The first-order valence-electron chi connectivity index (χ1n) is 5.75. The summed E-state index contributed by atoms with van der Waals surface area (Å²) in [7, 11) is 3.14. The van der Waals surface area contributed by atoms with E-state index in [4.69, 9.17) is 14.6 Å². The van der Waals surface area contributed by atoms with Crippen molar-refractivity contribution >= 4 is 5.97 Å². The third kappa shape index (κ3) is 2.70. The van der Waals surface area contributed by atoms with Crippen LogP contribution < -0.4 is 9.47 Å². The Morgan fingerprint density at radius 1 is 1.21 bits per heavy atom. The predicted octanol–water partition coefficient (Wildman–Crippen LogP) is 2.25. The average molecular weight is 261 g/mol. The molecule has 0 aliphatic heterocycles. The minimum atomic E-state index is -0.939. The van der Waals surface area contributed by atoms with Crippen molar-refractivity contribution < 1.29 is 19.4 Å². The number of hydrogen-bond donors (Lipinski definition) is 1. The highest BCUT2D eigenvalue weighted by atomic mass is 16.5. The van der Waals surface area contributed by atoms with Crippen LogP contribution in [-0.4, -0.2) is 29.9 Å². The van der Waals surface area contributed by atoms with E-state index < -0.39 is 5.97 Å². The molecule has 0 aliphatic rings. The van der Waals surface area contributed by atoms with E-state index in [2.05, 4.69) is 0 Å². The maximum Gasteiger partial charge on any atom is 0.352 e. The van der Waals surface area contributed by atoms with Crippen LogP contribution in [-0.2, 0) is 6.54 Å². The van der Waals surface area contributed by atoms with Crippen LogP contribution in [0.2, 0.25) is 0 Å². The first-order chi connectivity index (χ1) is 9.15. The van der Waals surface area contributed by atoms with Gasteiger partial charge in [-0.05, 0) is 29.8 Å². The topological polar surface area (TPSA) is 60.7 Å². The molecule has 0 saturated heterocycles. The molecule has 0 atom stereocenters. The third-order valence-corrected chi connectivity index (χ3v) is 2.85. The molecule has 0 bridgehead atoms. The number of methoxy groups -OCH3 is 2. The molecule has 1 aromatic heterocycles. The smallest absolute Gasteiger partial charge is 0.352 e. The van der Waals surface area contributed by atoms with Gasteiger partial charge >= 0.3 is 5.97 Å². The van der Waals surface area contributed by atoms with Crippen molar-refractivity contribution in [3.05, 3.63) is 47.8 Å². The van der Waals surface area contributed by atoms with Gasteiger partial charge in [-0.25, -0.2) is 4.79 Å². The number of carboxylic acids is 1. The summed E-state index contributed by atoms with van der Waals surface area (Å²) in [6.07, 6.45) is 1.74. The summed E-state index contributed by atoms with van der Waals surface area (Å²) in [6.45, 7) is 0.467. The fourth-order valence-electron chi connectivity index (χ4n) is 1.92. The predicted molar refractivity (Wildman–Crippen MR) is 70.0 cm³/mol. The molecule has 5 nitrogen and oxygen atoms in total. The normalized spacial score (nSPS) is 10.2. The second kappa shape index (κ2) is 5.48. The van der Waals surface area contributed by atoms with Crippen molar-refractivity contribution in [3.8, 4) is 11.5 Å². The molecule has 0 unspecified atom stereocenters. The highest BCUT2D eigenvalue weighted by molar-refractivity contribution is 5.85. The van der Waals surface area contributed by atoms with Crippen LogP contribution in [0, 0.1) is 0 Å². The number of benzene rings is 1. The van der Waals surface area contributed by atoms with Crippen LogP contribution in [0.1, 0.15) is 16.1 Å². The van der Waals surface area contributed by atoms with Crippen LogP contribution in [0.3, 0.4) is 0 Å². The van der Waals surface area contributed by atoms with E-state index in [1.807, 2.05) is 12.1 Å². The molecule has 1 aromatic carbocycles. The molecule has 0 aliphatic carbocycles. The lowest BCUT2D eigenvalue weighted by molar-refractivity contribution is 0.0685. The molecule has 2 aromatic rings. The Morgan fingerprint density at radius 2 is 1.95 bits per heavy atom. The van der Waals surface area contributed by atoms with Gasteiger partial charge in [-0.3, -0.25) is 0 Å². The molecular weight excluding hydrogens is 246 g/mol. The van der Waals surface area contributed by atoms with Crippen LogP contribution in [0.5, 0.6) is 11.5 Å². The standard InChI is InChI=1S/C14H15NO4/c1-18-12-6-5-10(8-13(12)19-2)9-15-7-3-4-11(15)14(16)17/h3-8H,9H2,1-2H3,(H,16,17). The van der Waals surface area contributed by atoms with E-state index in [1.165, 1.54) is 0 Å².